The highest BCUT2D eigenvalue weighted by atomic mass is 35.5. The summed E-state index contributed by atoms with van der Waals surface area (Å²) >= 11 is 0. The van der Waals surface area contributed by atoms with Crippen LogP contribution in [0.4, 0.5) is 0 Å². The second-order valence-electron chi connectivity index (χ2n) is 1.58. The molecule has 10 heavy (non-hydrogen) atoms. The molecule has 0 aromatic heterocycles. The zero-order valence-electron chi connectivity index (χ0n) is 6.63. The van der Waals surface area contributed by atoms with Crippen LogP contribution in [0.25, 0.3) is 0 Å². The van der Waals surface area contributed by atoms with Crippen molar-refractivity contribution in [2.24, 2.45) is 0 Å². The molecule has 0 bridgehead atoms. The summed E-state index contributed by atoms with van der Waals surface area (Å²) in [6.45, 7) is 4.73. The van der Waals surface area contributed by atoms with Gasteiger partial charge in [-0.15, -0.1) is 12.4 Å². The van der Waals surface area contributed by atoms with Crippen LogP contribution in [0.5, 0.6) is 0 Å². The number of hydroxylamine groups is 1. The van der Waals surface area contributed by atoms with E-state index in [0.29, 0.717) is 0 Å². The van der Waals surface area contributed by atoms with Crippen LogP contribution in [-0.4, -0.2) is 23.5 Å². The van der Waals surface area contributed by atoms with E-state index in [9.17, 15) is 0 Å². The molecule has 0 unspecified atom stereocenters. The second-order valence-corrected chi connectivity index (χ2v) is 1.58. The van der Waals surface area contributed by atoms with Crippen molar-refractivity contribution in [3.63, 3.8) is 0 Å². The predicted molar refractivity (Wildman–Crippen MR) is 44.7 cm³/mol. The van der Waals surface area contributed by atoms with Gasteiger partial charge in [0.2, 0.25) is 0 Å². The van der Waals surface area contributed by atoms with Gasteiger partial charge in [-0.25, -0.2) is 5.48 Å². The molecule has 0 saturated carbocycles. The average molecular weight is 172 g/mol. The minimum Gasteiger partial charge on any atom is -0.397 e. The summed E-state index contributed by atoms with van der Waals surface area (Å²) < 4.78 is 0. The molecular formula is C6H18ClNO2. The van der Waals surface area contributed by atoms with Crippen molar-refractivity contribution in [3.05, 3.63) is 0 Å². The highest BCUT2D eigenvalue weighted by Gasteiger charge is 1.74. The zero-order chi connectivity index (χ0) is 7.54. The van der Waals surface area contributed by atoms with Crippen LogP contribution in [0.3, 0.4) is 0 Å². The van der Waals surface area contributed by atoms with E-state index < -0.39 is 0 Å². The Kier molecular flexibility index (Phi) is 38.1. The van der Waals surface area contributed by atoms with Crippen LogP contribution in [-0.2, 0) is 0 Å². The third kappa shape index (κ3) is 41.8. The standard InChI is InChI=1S/C4H11NO.C2H6O.ClH/c1-2-3-4-5-6;1-2-3;/h5-6H,2-4H2,1H3;3H,2H2,1H3;1H. The molecule has 0 saturated heterocycles. The molecule has 0 aromatic rings. The normalized spacial score (nSPS) is 7.20. The molecule has 0 aliphatic heterocycles. The smallest absolute Gasteiger partial charge is 0.0402 e. The van der Waals surface area contributed by atoms with Crippen LogP contribution in [0, 0.1) is 0 Å². The molecular weight excluding hydrogens is 154 g/mol. The first-order valence-corrected chi connectivity index (χ1v) is 3.31. The molecule has 0 aliphatic rings. The number of hydrogen-bond acceptors (Lipinski definition) is 3. The lowest BCUT2D eigenvalue weighted by Gasteiger charge is -1.88. The van der Waals surface area contributed by atoms with Gasteiger partial charge in [0, 0.05) is 13.2 Å². The van der Waals surface area contributed by atoms with Crippen LogP contribution in [0.2, 0.25) is 0 Å². The van der Waals surface area contributed by atoms with E-state index in [1.54, 1.807) is 6.92 Å². The highest BCUT2D eigenvalue weighted by Crippen LogP contribution is 1.79. The van der Waals surface area contributed by atoms with E-state index in [0.717, 1.165) is 19.4 Å². The molecule has 4 heteroatoms. The van der Waals surface area contributed by atoms with Crippen molar-refractivity contribution in [3.8, 4) is 0 Å². The summed E-state index contributed by atoms with van der Waals surface area (Å²) in [5.74, 6) is 0. The Morgan fingerprint density at radius 3 is 1.80 bits per heavy atom. The third-order valence-corrected chi connectivity index (χ3v) is 0.642. The van der Waals surface area contributed by atoms with Crippen molar-refractivity contribution in [2.75, 3.05) is 13.2 Å². The number of unbranched alkanes of at least 4 members (excludes halogenated alkanes) is 1. The quantitative estimate of drug-likeness (QED) is 0.442. The molecule has 0 rings (SSSR count). The summed E-state index contributed by atoms with van der Waals surface area (Å²) in [4.78, 5) is 0. The van der Waals surface area contributed by atoms with Crippen LogP contribution < -0.4 is 5.48 Å². The minimum atomic E-state index is 0. The predicted octanol–water partition coefficient (Wildman–Crippen LogP) is 1.19. The van der Waals surface area contributed by atoms with Crippen LogP contribution >= 0.6 is 12.4 Å². The fraction of sp³-hybridized carbons (Fsp3) is 1.00. The Bertz CT molecular complexity index is 34.9. The van der Waals surface area contributed by atoms with Gasteiger partial charge in [-0.1, -0.05) is 13.3 Å². The van der Waals surface area contributed by atoms with Gasteiger partial charge in [-0.2, -0.15) is 0 Å². The van der Waals surface area contributed by atoms with Gasteiger partial charge in [0.05, 0.1) is 0 Å². The van der Waals surface area contributed by atoms with Crippen LogP contribution in [0.1, 0.15) is 26.7 Å². The van der Waals surface area contributed by atoms with Gasteiger partial charge in [0.1, 0.15) is 0 Å². The van der Waals surface area contributed by atoms with Gasteiger partial charge in [-0.05, 0) is 13.3 Å². The molecule has 0 atom stereocenters. The first kappa shape index (κ1) is 16.6. The first-order valence-electron chi connectivity index (χ1n) is 3.31. The monoisotopic (exact) mass is 171 g/mol. The molecule has 0 spiro atoms. The van der Waals surface area contributed by atoms with Gasteiger partial charge in [0.25, 0.3) is 0 Å². The maximum Gasteiger partial charge on any atom is 0.0402 e. The molecule has 0 heterocycles. The van der Waals surface area contributed by atoms with Crippen molar-refractivity contribution < 1.29 is 10.3 Å². The summed E-state index contributed by atoms with van der Waals surface area (Å²) in [6.07, 6.45) is 2.18. The first-order chi connectivity index (χ1) is 4.33. The molecule has 0 radical (unpaired) electrons. The van der Waals surface area contributed by atoms with E-state index in [1.807, 2.05) is 0 Å². The number of aliphatic hydroxyl groups is 1. The number of rotatable bonds is 3. The molecule has 3 N–H and O–H groups in total. The third-order valence-electron chi connectivity index (χ3n) is 0.642. The highest BCUT2D eigenvalue weighted by molar-refractivity contribution is 5.85. The SMILES string of the molecule is CCCCNO.CCO.Cl. The lowest BCUT2D eigenvalue weighted by Crippen LogP contribution is -2.07. The second kappa shape index (κ2) is 22.9. The lowest BCUT2D eigenvalue weighted by molar-refractivity contribution is 0.165. The van der Waals surface area contributed by atoms with E-state index in [-0.39, 0.29) is 19.0 Å². The van der Waals surface area contributed by atoms with E-state index >= 15 is 0 Å². The van der Waals surface area contributed by atoms with Gasteiger partial charge >= 0.3 is 0 Å². The van der Waals surface area contributed by atoms with Gasteiger partial charge in [-0.3, -0.25) is 0 Å². The Morgan fingerprint density at radius 1 is 1.30 bits per heavy atom. The van der Waals surface area contributed by atoms with Gasteiger partial charge in [0.15, 0.2) is 0 Å². The van der Waals surface area contributed by atoms with Crippen molar-refractivity contribution >= 4 is 12.4 Å². The summed E-state index contributed by atoms with van der Waals surface area (Å²) in [5, 5.41) is 15.5. The molecule has 0 fully saturated rings. The van der Waals surface area contributed by atoms with E-state index in [4.69, 9.17) is 10.3 Å². The van der Waals surface area contributed by atoms with Crippen molar-refractivity contribution in [1.82, 2.24) is 5.48 Å². The van der Waals surface area contributed by atoms with Gasteiger partial charge < -0.3 is 10.3 Å². The van der Waals surface area contributed by atoms with E-state index in [1.165, 1.54) is 0 Å². The average Bonchev–Trinajstić information content (AvgIpc) is 1.86. The number of aliphatic hydroxyl groups excluding tert-OH is 1. The van der Waals surface area contributed by atoms with Crippen molar-refractivity contribution in [1.29, 1.82) is 0 Å². The zero-order valence-corrected chi connectivity index (χ0v) is 7.45. The summed E-state index contributed by atoms with van der Waals surface area (Å²) in [5.41, 5.74) is 2.07. The topological polar surface area (TPSA) is 52.5 Å². The number of hydrogen-bond donors (Lipinski definition) is 3. The minimum absolute atomic E-state index is 0. The summed E-state index contributed by atoms with van der Waals surface area (Å²) in [7, 11) is 0. The molecule has 66 valence electrons. The van der Waals surface area contributed by atoms with Crippen molar-refractivity contribution in [2.45, 2.75) is 26.7 Å². The molecule has 0 aliphatic carbocycles. The maximum absolute atomic E-state index is 7.95. The molecule has 0 amide bonds. The van der Waals surface area contributed by atoms with Crippen LogP contribution in [0.15, 0.2) is 0 Å². The Hall–Kier alpha value is 0.170. The molecule has 0 aromatic carbocycles. The fourth-order valence-electron chi connectivity index (χ4n) is 0.256. The number of halogens is 1. The Balaban J connectivity index is -0.000000107. The largest absolute Gasteiger partial charge is 0.397 e. The summed E-state index contributed by atoms with van der Waals surface area (Å²) in [6, 6.07) is 0. The Labute approximate surface area is 68.8 Å². The lowest BCUT2D eigenvalue weighted by atomic mass is 10.3. The molecule has 3 nitrogen and oxygen atoms in total. The Morgan fingerprint density at radius 2 is 1.70 bits per heavy atom. The van der Waals surface area contributed by atoms with E-state index in [2.05, 4.69) is 12.4 Å². The fourth-order valence-corrected chi connectivity index (χ4v) is 0.256. The number of nitrogens with one attached hydrogen (secondary N) is 1. The maximum atomic E-state index is 7.95.